The molecule has 1 aliphatic rings. The average molecular weight is 314 g/mol. The van der Waals surface area contributed by atoms with E-state index in [1.165, 1.54) is 12.4 Å². The molecule has 0 aliphatic carbocycles. The number of nitriles is 1. The van der Waals surface area contributed by atoms with Crippen LogP contribution in [-0.4, -0.2) is 46.1 Å². The Balaban J connectivity index is 1.99. The standard InChI is InChI=1S/C13H13F3N4O2/c14-13(15,16)6-11(21)20-5-1-2-9(8-20)22-12-10(7-17)18-3-4-19-12/h3-4,9H,1-2,5-6,8H2. The van der Waals surface area contributed by atoms with E-state index in [0.717, 1.165) is 4.90 Å². The number of carbonyl (C=O) groups is 1. The largest absolute Gasteiger partial charge is 0.470 e. The zero-order valence-electron chi connectivity index (χ0n) is 11.5. The third-order valence-corrected chi connectivity index (χ3v) is 3.13. The van der Waals surface area contributed by atoms with Crippen LogP contribution >= 0.6 is 0 Å². The summed E-state index contributed by atoms with van der Waals surface area (Å²) in [4.78, 5) is 20.4. The van der Waals surface area contributed by atoms with Crippen LogP contribution in [0.5, 0.6) is 5.88 Å². The molecule has 1 unspecified atom stereocenters. The van der Waals surface area contributed by atoms with Crippen LogP contribution in [0.3, 0.4) is 0 Å². The van der Waals surface area contributed by atoms with Crippen molar-refractivity contribution in [1.29, 1.82) is 5.26 Å². The topological polar surface area (TPSA) is 79.1 Å². The molecule has 9 heteroatoms. The lowest BCUT2D eigenvalue weighted by atomic mass is 10.1. The van der Waals surface area contributed by atoms with Crippen molar-refractivity contribution in [2.45, 2.75) is 31.5 Å². The van der Waals surface area contributed by atoms with Crippen LogP contribution in [0.15, 0.2) is 12.4 Å². The summed E-state index contributed by atoms with van der Waals surface area (Å²) < 4.78 is 42.3. The average Bonchev–Trinajstić information content (AvgIpc) is 2.46. The number of halogens is 3. The fourth-order valence-electron chi connectivity index (χ4n) is 2.19. The number of amides is 1. The van der Waals surface area contributed by atoms with Crippen molar-refractivity contribution in [3.05, 3.63) is 18.1 Å². The summed E-state index contributed by atoms with van der Waals surface area (Å²) in [5, 5.41) is 8.89. The lowest BCUT2D eigenvalue weighted by Crippen LogP contribution is -2.45. The van der Waals surface area contributed by atoms with Gasteiger partial charge in [-0.2, -0.15) is 18.4 Å². The minimum absolute atomic E-state index is 0.00115. The number of nitrogens with zero attached hydrogens (tertiary/aromatic N) is 4. The summed E-state index contributed by atoms with van der Waals surface area (Å²) >= 11 is 0. The van der Waals surface area contributed by atoms with E-state index in [2.05, 4.69) is 9.97 Å². The van der Waals surface area contributed by atoms with Gasteiger partial charge in [-0.25, -0.2) is 9.97 Å². The molecule has 6 nitrogen and oxygen atoms in total. The van der Waals surface area contributed by atoms with Crippen molar-refractivity contribution in [3.8, 4) is 11.9 Å². The molecule has 0 N–H and O–H groups in total. The van der Waals surface area contributed by atoms with Crippen molar-refractivity contribution in [1.82, 2.24) is 14.9 Å². The first-order valence-electron chi connectivity index (χ1n) is 6.61. The van der Waals surface area contributed by atoms with Gasteiger partial charge in [-0.3, -0.25) is 4.79 Å². The van der Waals surface area contributed by atoms with E-state index in [1.807, 2.05) is 6.07 Å². The molecule has 2 heterocycles. The smallest absolute Gasteiger partial charge is 0.397 e. The second-order valence-corrected chi connectivity index (χ2v) is 4.84. The first-order valence-corrected chi connectivity index (χ1v) is 6.61. The van der Waals surface area contributed by atoms with Gasteiger partial charge in [0.15, 0.2) is 0 Å². The minimum Gasteiger partial charge on any atom is -0.470 e. The van der Waals surface area contributed by atoms with Crippen LogP contribution in [0.4, 0.5) is 13.2 Å². The van der Waals surface area contributed by atoms with Gasteiger partial charge in [0, 0.05) is 18.9 Å². The summed E-state index contributed by atoms with van der Waals surface area (Å²) in [7, 11) is 0. The molecule has 0 radical (unpaired) electrons. The molecule has 1 aromatic heterocycles. The van der Waals surface area contributed by atoms with E-state index in [9.17, 15) is 18.0 Å². The number of aromatic nitrogens is 2. The Morgan fingerprint density at radius 2 is 2.18 bits per heavy atom. The van der Waals surface area contributed by atoms with Gasteiger partial charge < -0.3 is 9.64 Å². The Morgan fingerprint density at radius 1 is 1.45 bits per heavy atom. The molecule has 1 aromatic rings. The molecule has 1 fully saturated rings. The van der Waals surface area contributed by atoms with Gasteiger partial charge >= 0.3 is 6.18 Å². The van der Waals surface area contributed by atoms with Gasteiger partial charge in [0.2, 0.25) is 11.6 Å². The fraction of sp³-hybridized carbons (Fsp3) is 0.538. The molecule has 1 atom stereocenters. The Kier molecular flexibility index (Phi) is 4.80. The summed E-state index contributed by atoms with van der Waals surface area (Å²) in [6.45, 7) is 0.302. The number of rotatable bonds is 3. The molecular formula is C13H13F3N4O2. The normalized spacial score (nSPS) is 18.6. The second kappa shape index (κ2) is 6.60. The fourth-order valence-corrected chi connectivity index (χ4v) is 2.19. The van der Waals surface area contributed by atoms with E-state index < -0.39 is 24.6 Å². The van der Waals surface area contributed by atoms with E-state index in [1.54, 1.807) is 0 Å². The number of likely N-dealkylation sites (tertiary alicyclic amines) is 1. The maximum absolute atomic E-state index is 12.3. The number of carbonyl (C=O) groups excluding carboxylic acids is 1. The zero-order valence-corrected chi connectivity index (χ0v) is 11.5. The lowest BCUT2D eigenvalue weighted by molar-refractivity contribution is -0.163. The number of piperidine rings is 1. The molecule has 1 aliphatic heterocycles. The molecule has 2 rings (SSSR count). The molecule has 0 spiro atoms. The second-order valence-electron chi connectivity index (χ2n) is 4.84. The monoisotopic (exact) mass is 314 g/mol. The number of alkyl halides is 3. The Bertz CT molecular complexity index is 585. The van der Waals surface area contributed by atoms with Gasteiger partial charge in [-0.15, -0.1) is 0 Å². The maximum atomic E-state index is 12.3. The summed E-state index contributed by atoms with van der Waals surface area (Å²) in [6.07, 6.45) is -2.72. The predicted molar refractivity (Wildman–Crippen MR) is 67.6 cm³/mol. The summed E-state index contributed by atoms with van der Waals surface area (Å²) in [5.41, 5.74) is 0.00115. The van der Waals surface area contributed by atoms with Crippen molar-refractivity contribution in [3.63, 3.8) is 0 Å². The van der Waals surface area contributed by atoms with Crippen LogP contribution in [0.2, 0.25) is 0 Å². The number of ether oxygens (including phenoxy) is 1. The summed E-state index contributed by atoms with van der Waals surface area (Å²) in [5.74, 6) is -0.944. The van der Waals surface area contributed by atoms with Gasteiger partial charge in [0.25, 0.3) is 5.88 Å². The zero-order chi connectivity index (χ0) is 16.2. The van der Waals surface area contributed by atoms with Crippen molar-refractivity contribution in [2.75, 3.05) is 13.1 Å². The van der Waals surface area contributed by atoms with Crippen LogP contribution < -0.4 is 4.74 Å². The minimum atomic E-state index is -4.52. The highest BCUT2D eigenvalue weighted by Crippen LogP contribution is 2.23. The molecule has 22 heavy (non-hydrogen) atoms. The lowest BCUT2D eigenvalue weighted by Gasteiger charge is -2.32. The van der Waals surface area contributed by atoms with E-state index >= 15 is 0 Å². The third kappa shape index (κ3) is 4.31. The van der Waals surface area contributed by atoms with Crippen LogP contribution in [-0.2, 0) is 4.79 Å². The number of hydrogen-bond donors (Lipinski definition) is 0. The third-order valence-electron chi connectivity index (χ3n) is 3.13. The molecular weight excluding hydrogens is 301 g/mol. The molecule has 1 saturated heterocycles. The molecule has 0 bridgehead atoms. The molecule has 118 valence electrons. The quantitative estimate of drug-likeness (QED) is 0.848. The molecule has 1 amide bonds. The highest BCUT2D eigenvalue weighted by atomic mass is 19.4. The first-order chi connectivity index (χ1) is 10.4. The molecule has 0 aromatic carbocycles. The van der Waals surface area contributed by atoms with Crippen molar-refractivity contribution in [2.24, 2.45) is 0 Å². The van der Waals surface area contributed by atoms with Gasteiger partial charge in [0.05, 0.1) is 6.54 Å². The Morgan fingerprint density at radius 3 is 2.86 bits per heavy atom. The van der Waals surface area contributed by atoms with Crippen LogP contribution in [0.25, 0.3) is 0 Å². The van der Waals surface area contributed by atoms with E-state index in [-0.39, 0.29) is 24.7 Å². The SMILES string of the molecule is N#Cc1nccnc1OC1CCCN(C(=O)CC(F)(F)F)C1. The van der Waals surface area contributed by atoms with E-state index in [0.29, 0.717) is 12.8 Å². The van der Waals surface area contributed by atoms with Crippen molar-refractivity contribution >= 4 is 5.91 Å². The summed E-state index contributed by atoms with van der Waals surface area (Å²) in [6, 6.07) is 1.82. The highest BCUT2D eigenvalue weighted by Gasteiger charge is 2.35. The Labute approximate surface area is 124 Å². The Hall–Kier alpha value is -2.37. The van der Waals surface area contributed by atoms with Crippen LogP contribution in [0.1, 0.15) is 25.0 Å². The van der Waals surface area contributed by atoms with Gasteiger partial charge in [0.1, 0.15) is 18.6 Å². The van der Waals surface area contributed by atoms with Gasteiger partial charge in [-0.05, 0) is 12.8 Å². The first kappa shape index (κ1) is 16.0. The maximum Gasteiger partial charge on any atom is 0.397 e. The number of hydrogen-bond acceptors (Lipinski definition) is 5. The highest BCUT2D eigenvalue weighted by molar-refractivity contribution is 5.77. The van der Waals surface area contributed by atoms with E-state index in [4.69, 9.17) is 10.00 Å². The molecule has 0 saturated carbocycles. The van der Waals surface area contributed by atoms with Gasteiger partial charge in [-0.1, -0.05) is 0 Å². The van der Waals surface area contributed by atoms with Crippen LogP contribution in [0, 0.1) is 11.3 Å². The van der Waals surface area contributed by atoms with Crippen molar-refractivity contribution < 1.29 is 22.7 Å². The predicted octanol–water partition coefficient (Wildman–Crippen LogP) is 1.67.